The summed E-state index contributed by atoms with van der Waals surface area (Å²) >= 11 is 0. The number of hydrogen-bond donors (Lipinski definition) is 2. The molecule has 0 radical (unpaired) electrons. The Morgan fingerprint density at radius 2 is 1.75 bits per heavy atom. The zero-order chi connectivity index (χ0) is 17.5. The van der Waals surface area contributed by atoms with Gasteiger partial charge in [0.2, 0.25) is 0 Å². The Kier molecular flexibility index (Phi) is 5.62. The van der Waals surface area contributed by atoms with Crippen molar-refractivity contribution in [1.82, 2.24) is 0 Å². The third-order valence-corrected chi connectivity index (χ3v) is 2.93. The predicted octanol–water partition coefficient (Wildman–Crippen LogP) is 3.81. The van der Waals surface area contributed by atoms with E-state index in [4.69, 9.17) is 9.84 Å². The van der Waals surface area contributed by atoms with Gasteiger partial charge in [-0.15, -0.1) is 0 Å². The topological polar surface area (TPSA) is 75.6 Å². The maximum absolute atomic E-state index is 13.8. The van der Waals surface area contributed by atoms with Crippen LogP contribution in [0.25, 0.3) is 6.08 Å². The number of carboxylic acids is 1. The summed E-state index contributed by atoms with van der Waals surface area (Å²) in [6.45, 7) is 0.0110. The first-order valence-electron chi connectivity index (χ1n) is 6.83. The average molecular weight is 333 g/mol. The van der Waals surface area contributed by atoms with Crippen LogP contribution in [0.3, 0.4) is 0 Å². The largest absolute Gasteiger partial charge is 0.478 e. The summed E-state index contributed by atoms with van der Waals surface area (Å²) in [5.74, 6) is -3.35. The van der Waals surface area contributed by atoms with E-state index in [0.717, 1.165) is 23.8 Å². The quantitative estimate of drug-likeness (QED) is 0.816. The van der Waals surface area contributed by atoms with Crippen LogP contribution in [0.15, 0.2) is 48.5 Å². The van der Waals surface area contributed by atoms with Gasteiger partial charge in [-0.2, -0.15) is 0 Å². The van der Waals surface area contributed by atoms with E-state index < -0.39 is 29.3 Å². The maximum Gasteiger partial charge on any atom is 0.411 e. The molecule has 7 heteroatoms. The lowest BCUT2D eigenvalue weighted by molar-refractivity contribution is -0.131. The Hall–Kier alpha value is -3.22. The van der Waals surface area contributed by atoms with E-state index in [9.17, 15) is 18.4 Å². The number of ether oxygens (including phenoxy) is 1. The van der Waals surface area contributed by atoms with Crippen LogP contribution in [0, 0.1) is 11.6 Å². The van der Waals surface area contributed by atoms with Crippen LogP contribution < -0.4 is 5.32 Å². The van der Waals surface area contributed by atoms with Crippen molar-refractivity contribution >= 4 is 23.8 Å². The van der Waals surface area contributed by atoms with Crippen LogP contribution in [0.5, 0.6) is 0 Å². The van der Waals surface area contributed by atoms with E-state index in [-0.39, 0.29) is 12.3 Å². The van der Waals surface area contributed by atoms with Crippen LogP contribution in [-0.4, -0.2) is 17.2 Å². The molecule has 0 bridgehead atoms. The van der Waals surface area contributed by atoms with Crippen LogP contribution in [0.2, 0.25) is 0 Å². The Morgan fingerprint density at radius 1 is 1.12 bits per heavy atom. The van der Waals surface area contributed by atoms with Gasteiger partial charge in [-0.1, -0.05) is 30.3 Å². The lowest BCUT2D eigenvalue weighted by Crippen LogP contribution is -2.14. The first-order valence-corrected chi connectivity index (χ1v) is 6.83. The van der Waals surface area contributed by atoms with Gasteiger partial charge < -0.3 is 9.84 Å². The summed E-state index contributed by atoms with van der Waals surface area (Å²) in [5, 5.41) is 10.7. The molecule has 0 unspecified atom stereocenters. The van der Waals surface area contributed by atoms with E-state index in [2.05, 4.69) is 5.32 Å². The van der Waals surface area contributed by atoms with Crippen molar-refractivity contribution in [2.45, 2.75) is 6.61 Å². The molecule has 2 aromatic carbocycles. The Labute approximate surface area is 136 Å². The second kappa shape index (κ2) is 7.87. The number of nitrogens with one attached hydrogen (secondary N) is 1. The molecule has 0 saturated heterocycles. The van der Waals surface area contributed by atoms with Gasteiger partial charge >= 0.3 is 12.1 Å². The lowest BCUT2D eigenvalue weighted by Gasteiger charge is -2.08. The number of amides is 1. The van der Waals surface area contributed by atoms with Gasteiger partial charge in [0.1, 0.15) is 18.2 Å². The standard InChI is InChI=1S/C17H13F2NO4/c18-14-8-12(9-15(19)13(14)6-7-16(21)22)20-17(23)24-10-11-4-2-1-3-5-11/h1-9H,10H2,(H,20,23)(H,21,22)/b7-6+. The first-order chi connectivity index (χ1) is 11.5. The van der Waals surface area contributed by atoms with Crippen LogP contribution in [0.4, 0.5) is 19.3 Å². The molecule has 0 aliphatic rings. The summed E-state index contributed by atoms with van der Waals surface area (Å²) in [4.78, 5) is 22.0. The van der Waals surface area contributed by atoms with E-state index in [1.54, 1.807) is 24.3 Å². The third-order valence-electron chi connectivity index (χ3n) is 2.93. The molecule has 0 fully saturated rings. The predicted molar refractivity (Wildman–Crippen MR) is 83.3 cm³/mol. The molecule has 2 N–H and O–H groups in total. The number of benzene rings is 2. The van der Waals surface area contributed by atoms with E-state index in [1.807, 2.05) is 6.07 Å². The van der Waals surface area contributed by atoms with Gasteiger partial charge in [0.25, 0.3) is 0 Å². The van der Waals surface area contributed by atoms with E-state index in [1.165, 1.54) is 0 Å². The van der Waals surface area contributed by atoms with Crippen molar-refractivity contribution in [2.24, 2.45) is 0 Å². The number of aliphatic carboxylic acids is 1. The van der Waals surface area contributed by atoms with Crippen molar-refractivity contribution in [2.75, 3.05) is 5.32 Å². The molecule has 5 nitrogen and oxygen atoms in total. The summed E-state index contributed by atoms with van der Waals surface area (Å²) in [6, 6.07) is 10.6. The highest BCUT2D eigenvalue weighted by atomic mass is 19.1. The number of carboxylic acid groups (broad SMARTS) is 1. The summed E-state index contributed by atoms with van der Waals surface area (Å²) in [7, 11) is 0. The van der Waals surface area contributed by atoms with Gasteiger partial charge in [0.05, 0.1) is 0 Å². The molecule has 2 aromatic rings. The van der Waals surface area contributed by atoms with Gasteiger partial charge in [-0.25, -0.2) is 18.4 Å². The highest BCUT2D eigenvalue weighted by Gasteiger charge is 2.11. The van der Waals surface area contributed by atoms with Crippen LogP contribution in [0.1, 0.15) is 11.1 Å². The number of rotatable bonds is 5. The fraction of sp³-hybridized carbons (Fsp3) is 0.0588. The molecule has 0 heterocycles. The monoisotopic (exact) mass is 333 g/mol. The van der Waals surface area contributed by atoms with E-state index >= 15 is 0 Å². The second-order valence-corrected chi connectivity index (χ2v) is 4.71. The van der Waals surface area contributed by atoms with Crippen molar-refractivity contribution in [3.05, 3.63) is 71.3 Å². The molecule has 124 valence electrons. The molecular weight excluding hydrogens is 320 g/mol. The van der Waals surface area contributed by atoms with Gasteiger partial charge in [0, 0.05) is 17.3 Å². The Bertz CT molecular complexity index is 752. The summed E-state index contributed by atoms with van der Waals surface area (Å²) in [6.07, 6.45) is 0.541. The van der Waals surface area contributed by atoms with Crippen molar-refractivity contribution in [3.8, 4) is 0 Å². The lowest BCUT2D eigenvalue weighted by atomic mass is 10.1. The fourth-order valence-electron chi connectivity index (χ4n) is 1.85. The average Bonchev–Trinajstić information content (AvgIpc) is 2.53. The zero-order valence-electron chi connectivity index (χ0n) is 12.3. The zero-order valence-corrected chi connectivity index (χ0v) is 12.3. The van der Waals surface area contributed by atoms with Gasteiger partial charge in [-0.3, -0.25) is 5.32 Å². The third kappa shape index (κ3) is 4.91. The number of anilines is 1. The minimum absolute atomic E-state index is 0.0110. The van der Waals surface area contributed by atoms with Crippen molar-refractivity contribution in [1.29, 1.82) is 0 Å². The minimum atomic E-state index is -1.33. The summed E-state index contributed by atoms with van der Waals surface area (Å²) < 4.78 is 32.5. The minimum Gasteiger partial charge on any atom is -0.478 e. The smallest absolute Gasteiger partial charge is 0.411 e. The molecule has 0 aromatic heterocycles. The van der Waals surface area contributed by atoms with Gasteiger partial charge in [-0.05, 0) is 23.8 Å². The molecule has 2 rings (SSSR count). The molecule has 0 atom stereocenters. The van der Waals surface area contributed by atoms with Crippen molar-refractivity contribution < 1.29 is 28.2 Å². The summed E-state index contributed by atoms with van der Waals surface area (Å²) in [5.41, 5.74) is 0.107. The normalized spacial score (nSPS) is 10.6. The number of halogens is 2. The number of hydrogen-bond acceptors (Lipinski definition) is 3. The van der Waals surface area contributed by atoms with Crippen LogP contribution in [-0.2, 0) is 16.1 Å². The van der Waals surface area contributed by atoms with E-state index in [0.29, 0.717) is 6.08 Å². The number of carbonyl (C=O) groups is 2. The first kappa shape index (κ1) is 17.1. The Morgan fingerprint density at radius 3 is 2.33 bits per heavy atom. The highest BCUT2D eigenvalue weighted by molar-refractivity contribution is 5.86. The van der Waals surface area contributed by atoms with Gasteiger partial charge in [0.15, 0.2) is 0 Å². The second-order valence-electron chi connectivity index (χ2n) is 4.71. The molecule has 1 amide bonds. The molecule has 0 aliphatic heterocycles. The van der Waals surface area contributed by atoms with Crippen molar-refractivity contribution in [3.63, 3.8) is 0 Å². The molecule has 0 spiro atoms. The fourth-order valence-corrected chi connectivity index (χ4v) is 1.85. The maximum atomic E-state index is 13.8. The molecule has 24 heavy (non-hydrogen) atoms. The SMILES string of the molecule is O=C(O)/C=C/c1c(F)cc(NC(=O)OCc2ccccc2)cc1F. The highest BCUT2D eigenvalue weighted by Crippen LogP contribution is 2.20. The van der Waals surface area contributed by atoms with Crippen LogP contribution >= 0.6 is 0 Å². The molecule has 0 saturated carbocycles. The molecule has 0 aliphatic carbocycles. The molecular formula is C17H13F2NO4. The number of carbonyl (C=O) groups excluding carboxylic acids is 1. The Balaban J connectivity index is 2.02.